The van der Waals surface area contributed by atoms with E-state index < -0.39 is 0 Å². The number of nitrogens with zero attached hydrogens (tertiary/aromatic N) is 2. The van der Waals surface area contributed by atoms with E-state index in [1.165, 1.54) is 0 Å². The SMILES string of the molecule is Cc1nnc(SC(C)CCN)o1. The second-order valence-corrected chi connectivity index (χ2v) is 3.98. The van der Waals surface area contributed by atoms with Gasteiger partial charge in [0.1, 0.15) is 0 Å². The smallest absolute Gasteiger partial charge is 0.276 e. The van der Waals surface area contributed by atoms with Crippen LogP contribution in [0.3, 0.4) is 0 Å². The van der Waals surface area contributed by atoms with E-state index in [-0.39, 0.29) is 0 Å². The molecular weight excluding hydrogens is 174 g/mol. The first-order chi connectivity index (χ1) is 5.72. The topological polar surface area (TPSA) is 64.9 Å². The van der Waals surface area contributed by atoms with Gasteiger partial charge in [0, 0.05) is 12.2 Å². The standard InChI is InChI=1S/C7H13N3OS/c1-5(3-4-8)12-7-10-9-6(2)11-7/h5H,3-4,8H2,1-2H3. The molecule has 0 amide bonds. The maximum absolute atomic E-state index is 5.41. The fraction of sp³-hybridized carbons (Fsp3) is 0.714. The van der Waals surface area contributed by atoms with E-state index >= 15 is 0 Å². The molecule has 1 aromatic rings. The minimum atomic E-state index is 0.440. The molecule has 0 saturated heterocycles. The van der Waals surface area contributed by atoms with Crippen molar-refractivity contribution in [3.05, 3.63) is 5.89 Å². The van der Waals surface area contributed by atoms with Gasteiger partial charge in [0.05, 0.1) is 0 Å². The number of hydrogen-bond acceptors (Lipinski definition) is 5. The van der Waals surface area contributed by atoms with Gasteiger partial charge in [-0.15, -0.1) is 10.2 Å². The van der Waals surface area contributed by atoms with Gasteiger partial charge in [-0.2, -0.15) is 0 Å². The molecule has 1 rings (SSSR count). The zero-order valence-corrected chi connectivity index (χ0v) is 8.10. The van der Waals surface area contributed by atoms with Gasteiger partial charge in [0.2, 0.25) is 5.89 Å². The third-order valence-electron chi connectivity index (χ3n) is 1.38. The summed E-state index contributed by atoms with van der Waals surface area (Å²) in [6.07, 6.45) is 0.964. The van der Waals surface area contributed by atoms with E-state index in [9.17, 15) is 0 Å². The summed E-state index contributed by atoms with van der Waals surface area (Å²) in [5.41, 5.74) is 5.41. The minimum absolute atomic E-state index is 0.440. The number of hydrogen-bond donors (Lipinski definition) is 1. The molecule has 2 N–H and O–H groups in total. The zero-order valence-electron chi connectivity index (χ0n) is 7.28. The Hall–Kier alpha value is -0.550. The van der Waals surface area contributed by atoms with Gasteiger partial charge in [-0.3, -0.25) is 0 Å². The van der Waals surface area contributed by atoms with E-state index in [0.29, 0.717) is 22.9 Å². The van der Waals surface area contributed by atoms with Crippen LogP contribution in [0.5, 0.6) is 0 Å². The molecule has 1 heterocycles. The van der Waals surface area contributed by atoms with Crippen LogP contribution in [-0.4, -0.2) is 22.0 Å². The normalized spacial score (nSPS) is 13.2. The molecular formula is C7H13N3OS. The van der Waals surface area contributed by atoms with Crippen molar-refractivity contribution in [2.45, 2.75) is 30.7 Å². The fourth-order valence-corrected chi connectivity index (χ4v) is 1.65. The quantitative estimate of drug-likeness (QED) is 0.718. The molecule has 0 bridgehead atoms. The zero-order chi connectivity index (χ0) is 8.97. The Balaban J connectivity index is 2.41. The van der Waals surface area contributed by atoms with Gasteiger partial charge in [-0.25, -0.2) is 0 Å². The third-order valence-corrected chi connectivity index (χ3v) is 2.39. The second kappa shape index (κ2) is 4.47. The lowest BCUT2D eigenvalue weighted by atomic mass is 10.3. The molecule has 0 aliphatic heterocycles. The molecule has 12 heavy (non-hydrogen) atoms. The predicted octanol–water partition coefficient (Wildman–Crippen LogP) is 1.21. The highest BCUT2D eigenvalue weighted by atomic mass is 32.2. The Morgan fingerprint density at radius 2 is 2.33 bits per heavy atom. The van der Waals surface area contributed by atoms with E-state index in [4.69, 9.17) is 10.2 Å². The first-order valence-corrected chi connectivity index (χ1v) is 4.77. The van der Waals surface area contributed by atoms with Crippen molar-refractivity contribution in [2.24, 2.45) is 5.73 Å². The molecule has 0 aromatic carbocycles. The summed E-state index contributed by atoms with van der Waals surface area (Å²) < 4.78 is 5.20. The highest BCUT2D eigenvalue weighted by Gasteiger charge is 2.08. The lowest BCUT2D eigenvalue weighted by molar-refractivity contribution is 0.428. The average molecular weight is 187 g/mol. The largest absolute Gasteiger partial charge is 0.416 e. The van der Waals surface area contributed by atoms with Crippen LogP contribution in [0, 0.1) is 6.92 Å². The Labute approximate surface area is 75.9 Å². The summed E-state index contributed by atoms with van der Waals surface area (Å²) in [6, 6.07) is 0. The second-order valence-electron chi connectivity index (χ2n) is 2.59. The van der Waals surface area contributed by atoms with Crippen molar-refractivity contribution < 1.29 is 4.42 Å². The third kappa shape index (κ3) is 2.83. The summed E-state index contributed by atoms with van der Waals surface area (Å²) in [4.78, 5) is 0. The summed E-state index contributed by atoms with van der Waals surface area (Å²) >= 11 is 1.57. The molecule has 1 atom stereocenters. The van der Waals surface area contributed by atoms with E-state index in [0.717, 1.165) is 6.42 Å². The molecule has 0 saturated carbocycles. The maximum atomic E-state index is 5.41. The summed E-state index contributed by atoms with van der Waals surface area (Å²) in [7, 11) is 0. The highest BCUT2D eigenvalue weighted by Crippen LogP contribution is 2.22. The summed E-state index contributed by atoms with van der Waals surface area (Å²) in [6.45, 7) is 4.57. The van der Waals surface area contributed by atoms with Crippen molar-refractivity contribution >= 4 is 11.8 Å². The van der Waals surface area contributed by atoms with Crippen LogP contribution in [0.2, 0.25) is 0 Å². The van der Waals surface area contributed by atoms with Crippen LogP contribution in [-0.2, 0) is 0 Å². The van der Waals surface area contributed by atoms with E-state index in [2.05, 4.69) is 17.1 Å². The Morgan fingerprint density at radius 3 is 2.83 bits per heavy atom. The van der Waals surface area contributed by atoms with Crippen LogP contribution in [0.25, 0.3) is 0 Å². The molecule has 0 spiro atoms. The molecule has 1 aromatic heterocycles. The van der Waals surface area contributed by atoms with Crippen LogP contribution < -0.4 is 5.73 Å². The maximum Gasteiger partial charge on any atom is 0.276 e. The van der Waals surface area contributed by atoms with Crippen LogP contribution in [0.4, 0.5) is 0 Å². The Bertz CT molecular complexity index is 238. The van der Waals surface area contributed by atoms with Crippen LogP contribution in [0.15, 0.2) is 9.64 Å². The van der Waals surface area contributed by atoms with Crippen molar-refractivity contribution in [1.29, 1.82) is 0 Å². The fourth-order valence-electron chi connectivity index (χ4n) is 0.792. The van der Waals surface area contributed by atoms with Gasteiger partial charge in [-0.05, 0) is 13.0 Å². The van der Waals surface area contributed by atoms with Gasteiger partial charge in [0.15, 0.2) is 0 Å². The average Bonchev–Trinajstić information content (AvgIpc) is 2.36. The molecule has 0 radical (unpaired) electrons. The summed E-state index contributed by atoms with van der Waals surface area (Å²) in [5.74, 6) is 0.609. The molecule has 0 fully saturated rings. The lowest BCUT2D eigenvalue weighted by Crippen LogP contribution is -2.06. The number of aryl methyl sites for hydroxylation is 1. The number of rotatable bonds is 4. The monoisotopic (exact) mass is 187 g/mol. The molecule has 1 unspecified atom stereocenters. The first-order valence-electron chi connectivity index (χ1n) is 3.89. The predicted molar refractivity (Wildman–Crippen MR) is 48.0 cm³/mol. The Kier molecular flexibility index (Phi) is 3.55. The molecule has 68 valence electrons. The first kappa shape index (κ1) is 9.54. The Morgan fingerprint density at radius 1 is 1.58 bits per heavy atom. The highest BCUT2D eigenvalue weighted by molar-refractivity contribution is 7.99. The van der Waals surface area contributed by atoms with Crippen LogP contribution in [0.1, 0.15) is 19.2 Å². The number of thioether (sulfide) groups is 1. The van der Waals surface area contributed by atoms with Gasteiger partial charge >= 0.3 is 0 Å². The minimum Gasteiger partial charge on any atom is -0.416 e. The van der Waals surface area contributed by atoms with Gasteiger partial charge in [0.25, 0.3) is 5.22 Å². The number of nitrogens with two attached hydrogens (primary N) is 1. The molecule has 0 aliphatic carbocycles. The van der Waals surface area contributed by atoms with Gasteiger partial charge in [-0.1, -0.05) is 18.7 Å². The van der Waals surface area contributed by atoms with Crippen molar-refractivity contribution in [1.82, 2.24) is 10.2 Å². The van der Waals surface area contributed by atoms with E-state index in [1.54, 1.807) is 18.7 Å². The van der Waals surface area contributed by atoms with Crippen molar-refractivity contribution in [3.63, 3.8) is 0 Å². The summed E-state index contributed by atoms with van der Waals surface area (Å²) in [5, 5.41) is 8.68. The van der Waals surface area contributed by atoms with Gasteiger partial charge < -0.3 is 10.2 Å². The van der Waals surface area contributed by atoms with Crippen LogP contribution >= 0.6 is 11.8 Å². The molecule has 0 aliphatic rings. The molecule has 4 nitrogen and oxygen atoms in total. The van der Waals surface area contributed by atoms with E-state index in [1.807, 2.05) is 0 Å². The lowest BCUT2D eigenvalue weighted by Gasteiger charge is -2.04. The number of aromatic nitrogens is 2. The van der Waals surface area contributed by atoms with Crippen molar-refractivity contribution in [2.75, 3.05) is 6.54 Å². The van der Waals surface area contributed by atoms with Crippen molar-refractivity contribution in [3.8, 4) is 0 Å². The molecule has 5 heteroatoms.